The van der Waals surface area contributed by atoms with Gasteiger partial charge in [0.15, 0.2) is 0 Å². The smallest absolute Gasteiger partial charge is 0.329 e. The van der Waals surface area contributed by atoms with Gasteiger partial charge in [-0.25, -0.2) is 9.97 Å². The van der Waals surface area contributed by atoms with Crippen molar-refractivity contribution < 1.29 is 13.2 Å². The predicted molar refractivity (Wildman–Crippen MR) is 144 cm³/mol. The van der Waals surface area contributed by atoms with Crippen molar-refractivity contribution in [2.45, 2.75) is 50.7 Å². The van der Waals surface area contributed by atoms with Gasteiger partial charge in [-0.2, -0.15) is 18.2 Å². The second-order valence-corrected chi connectivity index (χ2v) is 11.8. The number of hydrogen-bond donors (Lipinski definition) is 0. The highest BCUT2D eigenvalue weighted by Gasteiger charge is 2.38. The zero-order valence-electron chi connectivity index (χ0n) is 20.9. The molecule has 0 amide bonds. The van der Waals surface area contributed by atoms with Crippen LogP contribution < -0.4 is 0 Å². The van der Waals surface area contributed by atoms with E-state index in [1.807, 2.05) is 18.2 Å². The second-order valence-electron chi connectivity index (χ2n) is 10.6. The molecule has 3 unspecified atom stereocenters. The van der Waals surface area contributed by atoms with Crippen molar-refractivity contribution in [2.24, 2.45) is 11.8 Å². The standard InChI is InChI=1S/C28H29ClF3N5S/c29-27-33-13-23-24(26-34-21(16-38-26)11-18-5-2-1-3-6-18)15-37(25(23)35-27)22-9-8-19(12-22)20-7-4-10-36(14-20)17-28(30,31)32/h1-3,5-6,13,15-16,19-20,22H,4,7-12,14,17H2. The maximum atomic E-state index is 13.0. The number of hydrogen-bond acceptors (Lipinski definition) is 5. The van der Waals surface area contributed by atoms with Gasteiger partial charge in [0.05, 0.1) is 12.2 Å². The van der Waals surface area contributed by atoms with Crippen LogP contribution in [0.1, 0.15) is 49.4 Å². The van der Waals surface area contributed by atoms with Gasteiger partial charge in [-0.1, -0.05) is 30.3 Å². The molecule has 1 saturated heterocycles. The predicted octanol–water partition coefficient (Wildman–Crippen LogP) is 7.41. The van der Waals surface area contributed by atoms with E-state index in [0.29, 0.717) is 24.9 Å². The number of aromatic nitrogens is 4. The fourth-order valence-electron chi connectivity index (χ4n) is 6.32. The SMILES string of the molecule is FC(F)(F)CN1CCCC(C2CCC(n3cc(-c4nc(Cc5ccccc5)cs4)c4cnc(Cl)nc43)C2)C1. The highest BCUT2D eigenvalue weighted by molar-refractivity contribution is 7.13. The fourth-order valence-corrected chi connectivity index (χ4v) is 7.29. The van der Waals surface area contributed by atoms with E-state index in [-0.39, 0.29) is 11.3 Å². The summed E-state index contributed by atoms with van der Waals surface area (Å²) in [5.74, 6) is 0.710. The molecule has 0 radical (unpaired) electrons. The lowest BCUT2D eigenvalue weighted by molar-refractivity contribution is -0.150. The van der Waals surface area contributed by atoms with E-state index in [1.165, 1.54) is 5.56 Å². The number of benzene rings is 1. The number of thiazole rings is 1. The normalized spacial score (nSPS) is 22.9. The third kappa shape index (κ3) is 5.60. The van der Waals surface area contributed by atoms with Crippen molar-refractivity contribution in [1.29, 1.82) is 0 Å². The molecule has 0 N–H and O–H groups in total. The average molecular weight is 560 g/mol. The molecule has 4 aromatic rings. The Morgan fingerprint density at radius 2 is 1.89 bits per heavy atom. The number of nitrogens with zero attached hydrogens (tertiary/aromatic N) is 5. The van der Waals surface area contributed by atoms with Crippen molar-refractivity contribution in [3.63, 3.8) is 0 Å². The lowest BCUT2D eigenvalue weighted by atomic mass is 9.84. The van der Waals surface area contributed by atoms with Crippen molar-refractivity contribution in [2.75, 3.05) is 19.6 Å². The molecule has 4 heterocycles. The summed E-state index contributed by atoms with van der Waals surface area (Å²) in [7, 11) is 0. The molecule has 3 atom stereocenters. The third-order valence-electron chi connectivity index (χ3n) is 8.00. The highest BCUT2D eigenvalue weighted by Crippen LogP contribution is 2.44. The Bertz CT molecular complexity index is 1400. The molecule has 1 saturated carbocycles. The molecule has 0 spiro atoms. The van der Waals surface area contributed by atoms with Crippen LogP contribution in [0.4, 0.5) is 13.2 Å². The van der Waals surface area contributed by atoms with E-state index in [0.717, 1.165) is 65.8 Å². The van der Waals surface area contributed by atoms with E-state index in [1.54, 1.807) is 22.4 Å². The van der Waals surface area contributed by atoms with Gasteiger partial charge >= 0.3 is 6.18 Å². The molecule has 0 bridgehead atoms. The molecule has 200 valence electrons. The Morgan fingerprint density at radius 1 is 1.05 bits per heavy atom. The summed E-state index contributed by atoms with van der Waals surface area (Å²) in [6.07, 6.45) is 5.29. The van der Waals surface area contributed by atoms with E-state index in [2.05, 4.69) is 38.2 Å². The van der Waals surface area contributed by atoms with E-state index in [4.69, 9.17) is 16.6 Å². The van der Waals surface area contributed by atoms with Crippen LogP contribution >= 0.6 is 22.9 Å². The Kier molecular flexibility index (Phi) is 7.18. The number of piperidine rings is 1. The van der Waals surface area contributed by atoms with Gasteiger partial charge in [-0.05, 0) is 67.6 Å². The molecular weight excluding hydrogens is 531 g/mol. The summed E-state index contributed by atoms with van der Waals surface area (Å²) in [5, 5.41) is 4.16. The van der Waals surface area contributed by atoms with Crippen LogP contribution in [0, 0.1) is 11.8 Å². The molecule has 1 aliphatic carbocycles. The molecule has 5 nitrogen and oxygen atoms in total. The third-order valence-corrected chi connectivity index (χ3v) is 9.11. The topological polar surface area (TPSA) is 46.8 Å². The summed E-state index contributed by atoms with van der Waals surface area (Å²) in [5.41, 5.74) is 4.04. The van der Waals surface area contributed by atoms with Gasteiger partial charge in [-0.3, -0.25) is 4.90 Å². The monoisotopic (exact) mass is 559 g/mol. The van der Waals surface area contributed by atoms with E-state index in [9.17, 15) is 13.2 Å². The average Bonchev–Trinajstić information content (AvgIpc) is 3.62. The molecule has 38 heavy (non-hydrogen) atoms. The van der Waals surface area contributed by atoms with Crippen LogP contribution in [0.2, 0.25) is 5.28 Å². The molecule has 3 aromatic heterocycles. The minimum absolute atomic E-state index is 0.205. The van der Waals surface area contributed by atoms with Crippen LogP contribution in [0.5, 0.6) is 0 Å². The number of halogens is 4. The van der Waals surface area contributed by atoms with Crippen molar-refractivity contribution >= 4 is 34.0 Å². The molecule has 2 fully saturated rings. The first-order valence-corrected chi connectivity index (χ1v) is 14.4. The second kappa shape index (κ2) is 10.6. The molecule has 1 aliphatic heterocycles. The summed E-state index contributed by atoms with van der Waals surface area (Å²) < 4.78 is 41.2. The van der Waals surface area contributed by atoms with E-state index >= 15 is 0 Å². The lowest BCUT2D eigenvalue weighted by Gasteiger charge is -2.36. The first-order valence-electron chi connectivity index (χ1n) is 13.1. The zero-order valence-corrected chi connectivity index (χ0v) is 22.4. The maximum absolute atomic E-state index is 13.0. The Labute approximate surface area is 228 Å². The highest BCUT2D eigenvalue weighted by atomic mass is 35.5. The number of alkyl halides is 3. The molecule has 2 aliphatic rings. The number of rotatable bonds is 6. The summed E-state index contributed by atoms with van der Waals surface area (Å²) >= 11 is 7.83. The van der Waals surface area contributed by atoms with Crippen molar-refractivity contribution in [3.8, 4) is 10.6 Å². The van der Waals surface area contributed by atoms with Crippen LogP contribution in [-0.2, 0) is 6.42 Å². The lowest BCUT2D eigenvalue weighted by Crippen LogP contribution is -2.42. The van der Waals surface area contributed by atoms with Gasteiger partial charge < -0.3 is 4.57 Å². The number of fused-ring (bicyclic) bond motifs is 1. The van der Waals surface area contributed by atoms with E-state index < -0.39 is 12.7 Å². The first kappa shape index (κ1) is 25.8. The molecule has 6 rings (SSSR count). The van der Waals surface area contributed by atoms with Gasteiger partial charge in [0.1, 0.15) is 10.7 Å². The largest absolute Gasteiger partial charge is 0.401 e. The summed E-state index contributed by atoms with van der Waals surface area (Å²) in [4.78, 5) is 15.4. The Hall–Kier alpha value is -2.49. The molecular formula is C28H29ClF3N5S. The van der Waals surface area contributed by atoms with Crippen molar-refractivity contribution in [3.05, 3.63) is 64.6 Å². The summed E-state index contributed by atoms with van der Waals surface area (Å²) in [6, 6.07) is 10.5. The van der Waals surface area contributed by atoms with Crippen LogP contribution in [0.15, 0.2) is 48.1 Å². The first-order chi connectivity index (χ1) is 18.3. The van der Waals surface area contributed by atoms with Crippen LogP contribution in [-0.4, -0.2) is 50.2 Å². The minimum atomic E-state index is -4.14. The summed E-state index contributed by atoms with van der Waals surface area (Å²) in [6.45, 7) is 0.264. The zero-order chi connectivity index (χ0) is 26.3. The molecule has 1 aromatic carbocycles. The van der Waals surface area contributed by atoms with Gasteiger partial charge in [0, 0.05) is 47.7 Å². The van der Waals surface area contributed by atoms with Gasteiger partial charge in [0.25, 0.3) is 0 Å². The quantitative estimate of drug-likeness (QED) is 0.231. The maximum Gasteiger partial charge on any atom is 0.401 e. The number of likely N-dealkylation sites (tertiary alicyclic amines) is 1. The van der Waals surface area contributed by atoms with Gasteiger partial charge in [0.2, 0.25) is 5.28 Å². The molecule has 10 heteroatoms. The van der Waals surface area contributed by atoms with Crippen LogP contribution in [0.3, 0.4) is 0 Å². The van der Waals surface area contributed by atoms with Gasteiger partial charge in [-0.15, -0.1) is 11.3 Å². The minimum Gasteiger partial charge on any atom is -0.329 e. The fraction of sp³-hybridized carbons (Fsp3) is 0.464. The Balaban J connectivity index is 1.23. The Morgan fingerprint density at radius 3 is 2.71 bits per heavy atom. The van der Waals surface area contributed by atoms with Crippen molar-refractivity contribution in [1.82, 2.24) is 24.4 Å². The van der Waals surface area contributed by atoms with Crippen LogP contribution in [0.25, 0.3) is 21.6 Å².